The van der Waals surface area contributed by atoms with Crippen LogP contribution in [0.3, 0.4) is 0 Å². The van der Waals surface area contributed by atoms with Gasteiger partial charge in [-0.3, -0.25) is 4.79 Å². The first-order valence-corrected chi connectivity index (χ1v) is 8.35. The van der Waals surface area contributed by atoms with Crippen molar-refractivity contribution in [3.05, 3.63) is 51.8 Å². The van der Waals surface area contributed by atoms with Gasteiger partial charge in [-0.15, -0.1) is 0 Å². The maximum atomic E-state index is 14.9. The number of hydrogen-bond acceptors (Lipinski definition) is 4. The van der Waals surface area contributed by atoms with E-state index in [9.17, 15) is 13.6 Å². The predicted molar refractivity (Wildman–Crippen MR) is 89.6 cm³/mol. The molecule has 8 heteroatoms. The van der Waals surface area contributed by atoms with Crippen molar-refractivity contribution in [2.45, 2.75) is 24.3 Å². The second-order valence-corrected chi connectivity index (χ2v) is 6.78. The van der Waals surface area contributed by atoms with E-state index in [0.29, 0.717) is 12.1 Å². The summed E-state index contributed by atoms with van der Waals surface area (Å²) in [6, 6.07) is 2.75. The van der Waals surface area contributed by atoms with E-state index >= 15 is 0 Å². The average Bonchev–Trinajstić information content (AvgIpc) is 3.35. The van der Waals surface area contributed by atoms with Crippen molar-refractivity contribution in [1.29, 1.82) is 0 Å². The van der Waals surface area contributed by atoms with Gasteiger partial charge in [-0.1, -0.05) is 11.6 Å². The van der Waals surface area contributed by atoms with E-state index in [4.69, 9.17) is 21.1 Å². The molecule has 1 aliphatic carbocycles. The second kappa shape index (κ2) is 5.81. The van der Waals surface area contributed by atoms with Crippen molar-refractivity contribution in [3.8, 4) is 11.5 Å². The first-order chi connectivity index (χ1) is 12.4. The van der Waals surface area contributed by atoms with Crippen LogP contribution in [-0.4, -0.2) is 25.1 Å². The predicted octanol–water partition coefficient (Wildman–Crippen LogP) is 3.09. The summed E-state index contributed by atoms with van der Waals surface area (Å²) < 4.78 is 39.7. The molecule has 1 fully saturated rings. The Kier molecular flexibility index (Phi) is 3.80. The lowest BCUT2D eigenvalue weighted by atomic mass is 9.84. The summed E-state index contributed by atoms with van der Waals surface area (Å²) in [6.45, 7) is 0.305. The van der Waals surface area contributed by atoms with Crippen LogP contribution in [0, 0.1) is 11.6 Å². The third-order valence-corrected chi connectivity index (χ3v) is 5.40. The Labute approximate surface area is 153 Å². The highest BCUT2D eigenvalue weighted by molar-refractivity contribution is 6.29. The van der Waals surface area contributed by atoms with Crippen LogP contribution in [0.1, 0.15) is 29.0 Å². The van der Waals surface area contributed by atoms with Gasteiger partial charge in [0.2, 0.25) is 5.91 Å². The van der Waals surface area contributed by atoms with Gasteiger partial charge in [0, 0.05) is 30.3 Å². The minimum Gasteiger partial charge on any atom is -0.494 e. The molecule has 2 aliphatic rings. The Balaban J connectivity index is 1.89. The zero-order chi connectivity index (χ0) is 18.6. The van der Waals surface area contributed by atoms with Crippen LogP contribution in [0.5, 0.6) is 11.5 Å². The molecule has 2 atom stereocenters. The van der Waals surface area contributed by atoms with Gasteiger partial charge in [-0.25, -0.2) is 13.8 Å². The second-order valence-electron chi connectivity index (χ2n) is 6.40. The lowest BCUT2D eigenvalue weighted by Gasteiger charge is -2.26. The van der Waals surface area contributed by atoms with Crippen molar-refractivity contribution >= 4 is 17.5 Å². The monoisotopic (exact) mass is 380 g/mol. The average molecular weight is 381 g/mol. The van der Waals surface area contributed by atoms with Gasteiger partial charge >= 0.3 is 0 Å². The highest BCUT2D eigenvalue weighted by atomic mass is 35.5. The number of nitrogens with one attached hydrogen (secondary N) is 1. The first-order valence-electron chi connectivity index (χ1n) is 7.97. The molecular weight excluding hydrogens is 366 g/mol. The summed E-state index contributed by atoms with van der Waals surface area (Å²) in [5, 5.41) is 3.01. The molecule has 1 aromatic carbocycles. The molecular formula is C18H15ClF2N2O3. The molecule has 136 valence electrons. The number of nitrogens with zero attached hydrogens (tertiary/aromatic N) is 1. The van der Waals surface area contributed by atoms with Crippen molar-refractivity contribution < 1.29 is 23.0 Å². The maximum absolute atomic E-state index is 14.9. The van der Waals surface area contributed by atoms with Gasteiger partial charge in [-0.2, -0.15) is 0 Å². The molecule has 0 radical (unpaired) electrons. The van der Waals surface area contributed by atoms with Crippen LogP contribution in [-0.2, 0) is 16.8 Å². The highest BCUT2D eigenvalue weighted by Gasteiger charge is 2.65. The third kappa shape index (κ3) is 2.19. The first kappa shape index (κ1) is 17.0. The molecule has 1 spiro atoms. The molecule has 2 heterocycles. The molecule has 4 rings (SSSR count). The van der Waals surface area contributed by atoms with E-state index in [-0.39, 0.29) is 34.5 Å². The number of halogens is 3. The molecule has 1 saturated carbocycles. The number of rotatable bonds is 3. The van der Waals surface area contributed by atoms with E-state index in [0.717, 1.165) is 11.6 Å². The van der Waals surface area contributed by atoms with E-state index in [1.54, 1.807) is 12.3 Å². The molecule has 1 aliphatic heterocycles. The van der Waals surface area contributed by atoms with Gasteiger partial charge in [0.1, 0.15) is 5.15 Å². The van der Waals surface area contributed by atoms with E-state index in [1.165, 1.54) is 14.2 Å². The molecule has 1 amide bonds. The maximum Gasteiger partial charge on any atom is 0.231 e. The SMILES string of the molecule is COc1cc(OC)c(F)c(C2CC23C(=O)NCc2cnc(Cl)cc23)c1F. The van der Waals surface area contributed by atoms with Crippen LogP contribution in [0.2, 0.25) is 5.15 Å². The zero-order valence-corrected chi connectivity index (χ0v) is 14.8. The van der Waals surface area contributed by atoms with Gasteiger partial charge in [0.25, 0.3) is 0 Å². The third-order valence-electron chi connectivity index (χ3n) is 5.20. The normalized spacial score (nSPS) is 23.4. The summed E-state index contributed by atoms with van der Waals surface area (Å²) in [5.74, 6) is -2.89. The van der Waals surface area contributed by atoms with Crippen molar-refractivity contribution in [2.75, 3.05) is 14.2 Å². The van der Waals surface area contributed by atoms with Crippen LogP contribution in [0.25, 0.3) is 0 Å². The van der Waals surface area contributed by atoms with Crippen LogP contribution < -0.4 is 14.8 Å². The molecule has 1 aromatic heterocycles. The summed E-state index contributed by atoms with van der Waals surface area (Å²) >= 11 is 6.00. The smallest absolute Gasteiger partial charge is 0.231 e. The number of pyridine rings is 1. The Hall–Kier alpha value is -2.41. The highest BCUT2D eigenvalue weighted by Crippen LogP contribution is 2.64. The van der Waals surface area contributed by atoms with Gasteiger partial charge in [-0.05, 0) is 23.6 Å². The van der Waals surface area contributed by atoms with Crippen LogP contribution >= 0.6 is 11.6 Å². The molecule has 2 unspecified atom stereocenters. The standard InChI is InChI=1S/C18H15ClF2N2O3/c1-25-11-4-12(26-2)16(21)14(15(11)20)10-5-18(10)9-3-13(19)22-6-8(9)7-23-17(18)24/h3-4,6,10H,5,7H2,1-2H3,(H,23,24). The number of fused-ring (bicyclic) bond motifs is 2. The number of aromatic nitrogens is 1. The topological polar surface area (TPSA) is 60.5 Å². The molecule has 5 nitrogen and oxygen atoms in total. The van der Waals surface area contributed by atoms with Crippen LogP contribution in [0.15, 0.2) is 18.3 Å². The fourth-order valence-corrected chi connectivity index (χ4v) is 4.00. The Morgan fingerprint density at radius 2 is 1.88 bits per heavy atom. The van der Waals surface area contributed by atoms with E-state index < -0.39 is 23.0 Å². The number of carbonyl (C=O) groups is 1. The number of carbonyl (C=O) groups excluding carboxylic acids is 1. The fraction of sp³-hybridized carbons (Fsp3) is 0.333. The number of ether oxygens (including phenoxy) is 2. The Morgan fingerprint density at radius 1 is 1.23 bits per heavy atom. The minimum absolute atomic E-state index is 0.135. The molecule has 1 N–H and O–H groups in total. The molecule has 2 aromatic rings. The largest absolute Gasteiger partial charge is 0.494 e. The van der Waals surface area contributed by atoms with Crippen molar-refractivity contribution in [1.82, 2.24) is 10.3 Å². The zero-order valence-electron chi connectivity index (χ0n) is 14.0. The van der Waals surface area contributed by atoms with Gasteiger partial charge < -0.3 is 14.8 Å². The Bertz CT molecular complexity index is 909. The summed E-state index contributed by atoms with van der Waals surface area (Å²) in [5.41, 5.74) is 0.162. The van der Waals surface area contributed by atoms with Crippen molar-refractivity contribution in [2.24, 2.45) is 0 Å². The lowest BCUT2D eigenvalue weighted by molar-refractivity contribution is -0.124. The van der Waals surface area contributed by atoms with Crippen LogP contribution in [0.4, 0.5) is 8.78 Å². The number of hydrogen-bond donors (Lipinski definition) is 1. The fourth-order valence-electron chi connectivity index (χ4n) is 3.84. The summed E-state index contributed by atoms with van der Waals surface area (Å²) in [4.78, 5) is 16.7. The van der Waals surface area contributed by atoms with E-state index in [2.05, 4.69) is 10.3 Å². The Morgan fingerprint density at radius 3 is 2.50 bits per heavy atom. The minimum atomic E-state index is -1.07. The lowest BCUT2D eigenvalue weighted by Crippen LogP contribution is -2.41. The molecule has 26 heavy (non-hydrogen) atoms. The van der Waals surface area contributed by atoms with Gasteiger partial charge in [0.05, 0.1) is 19.6 Å². The van der Waals surface area contributed by atoms with Gasteiger partial charge in [0.15, 0.2) is 23.1 Å². The van der Waals surface area contributed by atoms with Crippen molar-refractivity contribution in [3.63, 3.8) is 0 Å². The quantitative estimate of drug-likeness (QED) is 0.831. The van der Waals surface area contributed by atoms with E-state index in [1.807, 2.05) is 0 Å². The number of methoxy groups -OCH3 is 2. The summed E-state index contributed by atoms with van der Waals surface area (Å²) in [6.07, 6.45) is 1.84. The molecule has 0 bridgehead atoms. The molecule has 0 saturated heterocycles. The summed E-state index contributed by atoms with van der Waals surface area (Å²) in [7, 11) is 2.58. The number of benzene rings is 1. The number of amides is 1.